The number of rotatable bonds is 5. The number of hydrogen-bond acceptors (Lipinski definition) is 2. The van der Waals surface area contributed by atoms with Gasteiger partial charge < -0.3 is 5.32 Å². The van der Waals surface area contributed by atoms with Crippen LogP contribution in [0.3, 0.4) is 0 Å². The fourth-order valence-electron chi connectivity index (χ4n) is 1.39. The van der Waals surface area contributed by atoms with Crippen LogP contribution in [0.15, 0.2) is 22.7 Å². The summed E-state index contributed by atoms with van der Waals surface area (Å²) in [4.78, 5) is 11.9. The lowest BCUT2D eigenvalue weighted by Gasteiger charge is -2.13. The quantitative estimate of drug-likeness (QED) is 0.898. The molecule has 1 N–H and O–H groups in total. The minimum Gasteiger partial charge on any atom is -0.350 e. The molecule has 0 aliphatic rings. The third-order valence-electron chi connectivity index (χ3n) is 2.39. The monoisotopic (exact) mass is 335 g/mol. The summed E-state index contributed by atoms with van der Waals surface area (Å²) in [6.45, 7) is 1.85. The standard InChI is InChI=1S/C12H15BrFNO2S/c1-8(5-6-18(2)17)15-12(16)10-4-3-9(14)7-11(10)13/h3-4,7-8H,5-6H2,1-2H3,(H,15,16). The molecule has 1 rings (SSSR count). The number of hydrogen-bond donors (Lipinski definition) is 1. The number of amides is 1. The van der Waals surface area contributed by atoms with Crippen molar-refractivity contribution in [1.82, 2.24) is 5.32 Å². The molecule has 0 radical (unpaired) electrons. The highest BCUT2D eigenvalue weighted by molar-refractivity contribution is 9.10. The number of benzene rings is 1. The second-order valence-electron chi connectivity index (χ2n) is 4.06. The zero-order valence-electron chi connectivity index (χ0n) is 10.2. The molecule has 2 unspecified atom stereocenters. The van der Waals surface area contributed by atoms with Gasteiger partial charge in [-0.1, -0.05) is 0 Å². The lowest BCUT2D eigenvalue weighted by Crippen LogP contribution is -2.33. The molecule has 3 nitrogen and oxygen atoms in total. The smallest absolute Gasteiger partial charge is 0.252 e. The van der Waals surface area contributed by atoms with Gasteiger partial charge in [0.25, 0.3) is 5.91 Å². The topological polar surface area (TPSA) is 46.2 Å². The summed E-state index contributed by atoms with van der Waals surface area (Å²) in [6, 6.07) is 3.85. The molecular weight excluding hydrogens is 321 g/mol. The van der Waals surface area contributed by atoms with E-state index in [0.29, 0.717) is 22.2 Å². The summed E-state index contributed by atoms with van der Waals surface area (Å²) < 4.78 is 24.3. The van der Waals surface area contributed by atoms with Crippen LogP contribution in [0, 0.1) is 5.82 Å². The summed E-state index contributed by atoms with van der Waals surface area (Å²) >= 11 is 3.15. The van der Waals surface area contributed by atoms with E-state index >= 15 is 0 Å². The van der Waals surface area contributed by atoms with Gasteiger partial charge in [-0.15, -0.1) is 0 Å². The van der Waals surface area contributed by atoms with Gasteiger partial charge >= 0.3 is 0 Å². The fourth-order valence-corrected chi connectivity index (χ4v) is 2.61. The fraction of sp³-hybridized carbons (Fsp3) is 0.417. The molecule has 0 saturated heterocycles. The highest BCUT2D eigenvalue weighted by Crippen LogP contribution is 2.18. The molecule has 0 heterocycles. The molecule has 0 aliphatic heterocycles. The van der Waals surface area contributed by atoms with Gasteiger partial charge in [-0.25, -0.2) is 4.39 Å². The van der Waals surface area contributed by atoms with Crippen LogP contribution in [0.25, 0.3) is 0 Å². The number of nitrogens with one attached hydrogen (secondary N) is 1. The van der Waals surface area contributed by atoms with Gasteiger partial charge in [-0.3, -0.25) is 9.00 Å². The predicted octanol–water partition coefficient (Wildman–Crippen LogP) is 2.48. The lowest BCUT2D eigenvalue weighted by molar-refractivity contribution is 0.0938. The van der Waals surface area contributed by atoms with Crippen LogP contribution < -0.4 is 5.32 Å². The van der Waals surface area contributed by atoms with E-state index in [2.05, 4.69) is 21.2 Å². The van der Waals surface area contributed by atoms with Crippen LogP contribution in [0.5, 0.6) is 0 Å². The lowest BCUT2D eigenvalue weighted by atomic mass is 10.2. The SMILES string of the molecule is CC(CCS(C)=O)NC(=O)c1ccc(F)cc1Br. The zero-order valence-corrected chi connectivity index (χ0v) is 12.6. The van der Waals surface area contributed by atoms with Gasteiger partial charge in [0.2, 0.25) is 0 Å². The van der Waals surface area contributed by atoms with Crippen LogP contribution >= 0.6 is 15.9 Å². The van der Waals surface area contributed by atoms with Gasteiger partial charge in [0.15, 0.2) is 0 Å². The Morgan fingerprint density at radius 3 is 2.78 bits per heavy atom. The van der Waals surface area contributed by atoms with Gasteiger partial charge in [0.1, 0.15) is 5.82 Å². The molecular formula is C12H15BrFNO2S. The zero-order chi connectivity index (χ0) is 13.7. The van der Waals surface area contributed by atoms with E-state index in [0.717, 1.165) is 0 Å². The molecule has 1 aromatic rings. The van der Waals surface area contributed by atoms with Gasteiger partial charge in [0.05, 0.1) is 5.56 Å². The van der Waals surface area contributed by atoms with Crippen molar-refractivity contribution in [3.8, 4) is 0 Å². The van der Waals surface area contributed by atoms with E-state index in [1.165, 1.54) is 18.2 Å². The van der Waals surface area contributed by atoms with E-state index < -0.39 is 16.6 Å². The summed E-state index contributed by atoms with van der Waals surface area (Å²) in [6.07, 6.45) is 2.28. The number of carbonyl (C=O) groups excluding carboxylic acids is 1. The summed E-state index contributed by atoms with van der Waals surface area (Å²) in [5, 5.41) is 2.79. The summed E-state index contributed by atoms with van der Waals surface area (Å²) in [5.74, 6) is -0.115. The number of carbonyl (C=O) groups is 1. The van der Waals surface area contributed by atoms with Crippen molar-refractivity contribution in [2.45, 2.75) is 19.4 Å². The van der Waals surface area contributed by atoms with Crippen LogP contribution in [0.4, 0.5) is 4.39 Å². The highest BCUT2D eigenvalue weighted by Gasteiger charge is 2.13. The van der Waals surface area contributed by atoms with E-state index in [4.69, 9.17) is 0 Å². The Balaban J connectivity index is 2.62. The highest BCUT2D eigenvalue weighted by atomic mass is 79.9. The van der Waals surface area contributed by atoms with Crippen molar-refractivity contribution in [2.24, 2.45) is 0 Å². The number of halogens is 2. The Morgan fingerprint density at radius 1 is 1.56 bits per heavy atom. The first kappa shape index (κ1) is 15.3. The van der Waals surface area contributed by atoms with Crippen molar-refractivity contribution in [3.63, 3.8) is 0 Å². The molecule has 0 saturated carbocycles. The Kier molecular flexibility index (Phi) is 5.95. The van der Waals surface area contributed by atoms with Crippen LogP contribution in [-0.2, 0) is 10.8 Å². The molecule has 0 fully saturated rings. The normalized spacial score (nSPS) is 14.0. The maximum atomic E-state index is 12.9. The first-order valence-electron chi connectivity index (χ1n) is 5.46. The van der Waals surface area contributed by atoms with Crippen molar-refractivity contribution < 1.29 is 13.4 Å². The Bertz CT molecular complexity index is 467. The molecule has 0 spiro atoms. The van der Waals surface area contributed by atoms with E-state index in [9.17, 15) is 13.4 Å². The van der Waals surface area contributed by atoms with Crippen LogP contribution in [0.1, 0.15) is 23.7 Å². The Hall–Kier alpha value is -0.750. The van der Waals surface area contributed by atoms with Gasteiger partial charge in [-0.05, 0) is 47.5 Å². The van der Waals surface area contributed by atoms with Gasteiger partial charge in [0, 0.05) is 33.3 Å². The second-order valence-corrected chi connectivity index (χ2v) is 6.47. The van der Waals surface area contributed by atoms with Crippen LogP contribution in [0.2, 0.25) is 0 Å². The molecule has 0 aromatic heterocycles. The molecule has 2 atom stereocenters. The van der Waals surface area contributed by atoms with Crippen molar-refractivity contribution in [3.05, 3.63) is 34.1 Å². The predicted molar refractivity (Wildman–Crippen MR) is 74.6 cm³/mol. The molecule has 100 valence electrons. The maximum Gasteiger partial charge on any atom is 0.252 e. The van der Waals surface area contributed by atoms with Crippen molar-refractivity contribution in [1.29, 1.82) is 0 Å². The van der Waals surface area contributed by atoms with E-state index in [1.807, 2.05) is 6.92 Å². The molecule has 18 heavy (non-hydrogen) atoms. The summed E-state index contributed by atoms with van der Waals surface area (Å²) in [5.41, 5.74) is 0.390. The molecule has 1 aromatic carbocycles. The molecule has 1 amide bonds. The first-order valence-corrected chi connectivity index (χ1v) is 7.98. The second kappa shape index (κ2) is 6.99. The third kappa shape index (κ3) is 4.86. The summed E-state index contributed by atoms with van der Waals surface area (Å²) in [7, 11) is -0.863. The van der Waals surface area contributed by atoms with Gasteiger partial charge in [-0.2, -0.15) is 0 Å². The van der Waals surface area contributed by atoms with Crippen LogP contribution in [-0.4, -0.2) is 28.2 Å². The average Bonchev–Trinajstić information content (AvgIpc) is 2.26. The van der Waals surface area contributed by atoms with Crippen molar-refractivity contribution >= 4 is 32.6 Å². The Morgan fingerprint density at radius 2 is 2.22 bits per heavy atom. The molecule has 0 bridgehead atoms. The molecule has 0 aliphatic carbocycles. The van der Waals surface area contributed by atoms with E-state index in [-0.39, 0.29) is 11.9 Å². The van der Waals surface area contributed by atoms with E-state index in [1.54, 1.807) is 6.26 Å². The Labute approximate surface area is 117 Å². The van der Waals surface area contributed by atoms with Crippen molar-refractivity contribution in [2.75, 3.05) is 12.0 Å². The minimum absolute atomic E-state index is 0.0710. The minimum atomic E-state index is -0.863. The third-order valence-corrected chi connectivity index (χ3v) is 3.86. The first-order chi connectivity index (χ1) is 8.40. The average molecular weight is 336 g/mol. The largest absolute Gasteiger partial charge is 0.350 e. The molecule has 6 heteroatoms. The maximum absolute atomic E-state index is 12.9.